The van der Waals surface area contributed by atoms with E-state index < -0.39 is 92.1 Å². The number of primary amides is 1. The van der Waals surface area contributed by atoms with Crippen LogP contribution in [0.1, 0.15) is 27.9 Å². The number of phenolic OH excluding ortho intramolecular Hbond substituents is 1. The minimum absolute atomic E-state index is 0.188. The summed E-state index contributed by atoms with van der Waals surface area (Å²) in [5, 5.41) is 43.9. The number of hydrogen-bond donors (Lipinski definition) is 5. The third kappa shape index (κ3) is 3.28. The summed E-state index contributed by atoms with van der Waals surface area (Å²) in [5.74, 6) is -11.3. The molecule has 1 aromatic carbocycles. The van der Waals surface area contributed by atoms with Crippen LogP contribution in [-0.4, -0.2) is 87.5 Å². The van der Waals surface area contributed by atoms with Gasteiger partial charge in [0.2, 0.25) is 5.78 Å². The van der Waals surface area contributed by atoms with Gasteiger partial charge < -0.3 is 31.1 Å². The summed E-state index contributed by atoms with van der Waals surface area (Å²) in [4.78, 5) is 41.5. The van der Waals surface area contributed by atoms with E-state index in [1.54, 1.807) is 14.1 Å². The van der Waals surface area contributed by atoms with Gasteiger partial charge in [-0.1, -0.05) is 0 Å². The Labute approximate surface area is 204 Å². The van der Waals surface area contributed by atoms with Crippen molar-refractivity contribution in [3.05, 3.63) is 51.0 Å². The van der Waals surface area contributed by atoms with Crippen LogP contribution in [0, 0.1) is 23.5 Å². The first-order valence-corrected chi connectivity index (χ1v) is 11.2. The maximum Gasteiger partial charge on any atom is 0.255 e. The average Bonchev–Trinajstić information content (AvgIpc) is 2.76. The normalized spacial score (nSPS) is 28.0. The number of fused-ring (bicyclic) bond motifs is 3. The molecule has 0 saturated heterocycles. The number of hydrogen-bond acceptors (Lipinski definition) is 9. The lowest BCUT2D eigenvalue weighted by Gasteiger charge is -2.50. The number of amides is 1. The van der Waals surface area contributed by atoms with Gasteiger partial charge >= 0.3 is 0 Å². The zero-order valence-electron chi connectivity index (χ0n) is 20.1. The fraction of sp³-hybridized carbons (Fsp3) is 0.458. The fourth-order valence-electron chi connectivity index (χ4n) is 5.82. The zero-order chi connectivity index (χ0) is 27.0. The number of rotatable bonds is 4. The van der Waals surface area contributed by atoms with Crippen molar-refractivity contribution >= 4 is 17.5 Å². The summed E-state index contributed by atoms with van der Waals surface area (Å²) in [6.07, 6.45) is -0.443. The Bertz CT molecular complexity index is 1290. The molecule has 0 saturated carbocycles. The summed E-state index contributed by atoms with van der Waals surface area (Å²) in [6, 6.07) is -1.16. The van der Waals surface area contributed by atoms with Crippen molar-refractivity contribution < 1.29 is 43.6 Å². The predicted octanol–water partition coefficient (Wildman–Crippen LogP) is 0.460. The number of allylic oxidation sites excluding steroid dienone is 1. The third-order valence-corrected chi connectivity index (χ3v) is 7.33. The van der Waals surface area contributed by atoms with Crippen molar-refractivity contribution in [2.24, 2.45) is 17.6 Å². The molecule has 12 heteroatoms. The molecule has 0 aliphatic heterocycles. The van der Waals surface area contributed by atoms with E-state index in [0.29, 0.717) is 0 Å². The second kappa shape index (κ2) is 8.36. The van der Waals surface area contributed by atoms with Crippen molar-refractivity contribution in [3.8, 4) is 5.75 Å². The van der Waals surface area contributed by atoms with Crippen LogP contribution in [0.4, 0.5) is 8.78 Å². The highest BCUT2D eigenvalue weighted by atomic mass is 19.1. The van der Waals surface area contributed by atoms with Crippen LogP contribution >= 0.6 is 0 Å². The summed E-state index contributed by atoms with van der Waals surface area (Å²) < 4.78 is 30.3. The van der Waals surface area contributed by atoms with Crippen molar-refractivity contribution in [1.29, 1.82) is 0 Å². The lowest BCUT2D eigenvalue weighted by atomic mass is 9.58. The first-order chi connectivity index (χ1) is 16.7. The zero-order valence-corrected chi connectivity index (χ0v) is 20.1. The SMILES string of the molecule is CN(C)Cc1c(F)c(O)c2c(c1F)C[C@H]1C[C@H]3[C@H](N(C)C)C(O)=C(C(N)=O)C(=O)[C@@]3(O)C(O)=C1C2=O. The molecular weight excluding hydrogens is 480 g/mol. The minimum atomic E-state index is -2.82. The van der Waals surface area contributed by atoms with Crippen LogP contribution in [-0.2, 0) is 22.6 Å². The maximum atomic E-state index is 15.4. The Morgan fingerprint density at radius 2 is 1.72 bits per heavy atom. The smallest absolute Gasteiger partial charge is 0.255 e. The summed E-state index contributed by atoms with van der Waals surface area (Å²) in [6.45, 7) is -0.195. The molecule has 3 aliphatic rings. The molecule has 0 bridgehead atoms. The Balaban J connectivity index is 1.97. The molecule has 36 heavy (non-hydrogen) atoms. The van der Waals surface area contributed by atoms with Gasteiger partial charge in [0.15, 0.2) is 23.0 Å². The molecule has 0 heterocycles. The molecule has 3 aliphatic carbocycles. The van der Waals surface area contributed by atoms with E-state index in [-0.39, 0.29) is 24.9 Å². The number of nitrogens with zero attached hydrogens (tertiary/aromatic N) is 2. The molecule has 0 fully saturated rings. The van der Waals surface area contributed by atoms with Gasteiger partial charge in [-0.15, -0.1) is 0 Å². The molecule has 0 unspecified atom stereocenters. The number of phenols is 1. The van der Waals surface area contributed by atoms with Gasteiger partial charge in [-0.05, 0) is 47.0 Å². The van der Waals surface area contributed by atoms with E-state index in [1.165, 1.54) is 23.9 Å². The van der Waals surface area contributed by atoms with Crippen molar-refractivity contribution in [2.45, 2.75) is 31.0 Å². The first-order valence-electron chi connectivity index (χ1n) is 11.2. The Hall–Kier alpha value is -3.35. The molecule has 0 aromatic heterocycles. The van der Waals surface area contributed by atoms with E-state index in [1.807, 2.05) is 0 Å². The van der Waals surface area contributed by atoms with E-state index in [9.17, 15) is 39.2 Å². The number of aromatic hydroxyl groups is 1. The highest BCUT2D eigenvalue weighted by Crippen LogP contribution is 2.52. The van der Waals surface area contributed by atoms with Gasteiger partial charge in [0.1, 0.15) is 22.9 Å². The molecule has 1 aromatic rings. The molecule has 0 radical (unpaired) electrons. The average molecular weight is 507 g/mol. The van der Waals surface area contributed by atoms with Crippen LogP contribution in [0.25, 0.3) is 0 Å². The van der Waals surface area contributed by atoms with Crippen LogP contribution in [0.2, 0.25) is 0 Å². The highest BCUT2D eigenvalue weighted by molar-refractivity contribution is 6.24. The van der Waals surface area contributed by atoms with Crippen molar-refractivity contribution in [1.82, 2.24) is 9.80 Å². The number of carbonyl (C=O) groups excluding carboxylic acids is 3. The number of nitrogens with two attached hydrogens (primary N) is 1. The van der Waals surface area contributed by atoms with Crippen LogP contribution < -0.4 is 5.73 Å². The van der Waals surface area contributed by atoms with E-state index in [0.717, 1.165) is 0 Å². The molecule has 1 amide bonds. The lowest BCUT2D eigenvalue weighted by Crippen LogP contribution is -2.63. The van der Waals surface area contributed by atoms with Crippen LogP contribution in [0.5, 0.6) is 5.75 Å². The summed E-state index contributed by atoms with van der Waals surface area (Å²) in [5.41, 5.74) is -0.342. The van der Waals surface area contributed by atoms with Gasteiger partial charge in [-0.2, -0.15) is 0 Å². The number of likely N-dealkylation sites (N-methyl/N-ethyl adjacent to an activating group) is 1. The molecular formula is C24H27F2N3O7. The van der Waals surface area contributed by atoms with Gasteiger partial charge in [0, 0.05) is 29.2 Å². The maximum absolute atomic E-state index is 15.4. The van der Waals surface area contributed by atoms with Crippen LogP contribution in [0.15, 0.2) is 22.7 Å². The largest absolute Gasteiger partial charge is 0.510 e. The predicted molar refractivity (Wildman–Crippen MR) is 121 cm³/mol. The standard InChI is InChI=1S/C24H27F2N3O7/c1-28(2)7-10-15(25)9-5-8-6-11-17(29(3)4)20(32)14(23(27)35)22(34)24(11,36)21(33)12(8)18(30)13(9)19(31)16(10)26/h8,11,17,31-33,36H,5-7H2,1-4H3,(H2,27,35)/t8-,11-,17-,24-/m0/s1. The fourth-order valence-corrected chi connectivity index (χ4v) is 5.82. The number of aliphatic hydroxyl groups excluding tert-OH is 2. The quantitative estimate of drug-likeness (QED) is 0.364. The number of aliphatic hydroxyl groups is 3. The van der Waals surface area contributed by atoms with Gasteiger partial charge in [0.05, 0.1) is 11.6 Å². The number of carbonyl (C=O) groups is 3. The monoisotopic (exact) mass is 507 g/mol. The second-order valence-corrected chi connectivity index (χ2v) is 10.0. The van der Waals surface area contributed by atoms with E-state index in [4.69, 9.17) is 5.73 Å². The van der Waals surface area contributed by atoms with Gasteiger partial charge in [-0.3, -0.25) is 19.3 Å². The molecule has 4 rings (SSSR count). The number of benzene rings is 1. The number of halogens is 2. The first kappa shape index (κ1) is 25.7. The topological polar surface area (TPSA) is 165 Å². The van der Waals surface area contributed by atoms with Crippen molar-refractivity contribution in [2.75, 3.05) is 28.2 Å². The molecule has 194 valence electrons. The van der Waals surface area contributed by atoms with E-state index >= 15 is 4.39 Å². The molecule has 10 nitrogen and oxygen atoms in total. The third-order valence-electron chi connectivity index (χ3n) is 7.33. The summed E-state index contributed by atoms with van der Waals surface area (Å²) >= 11 is 0. The number of Topliss-reactive ketones (excluding diaryl/α,β-unsaturated/α-hetero) is 2. The Morgan fingerprint density at radius 1 is 1.11 bits per heavy atom. The lowest BCUT2D eigenvalue weighted by molar-refractivity contribution is -0.148. The molecule has 0 spiro atoms. The minimum Gasteiger partial charge on any atom is -0.510 e. The van der Waals surface area contributed by atoms with Crippen molar-refractivity contribution in [3.63, 3.8) is 0 Å². The Morgan fingerprint density at radius 3 is 2.25 bits per heavy atom. The molecule has 4 atom stereocenters. The Kier molecular flexibility index (Phi) is 5.97. The van der Waals surface area contributed by atoms with Crippen LogP contribution in [0.3, 0.4) is 0 Å². The molecule has 6 N–H and O–H groups in total. The summed E-state index contributed by atoms with van der Waals surface area (Å²) in [7, 11) is 6.15. The highest BCUT2D eigenvalue weighted by Gasteiger charge is 2.63. The van der Waals surface area contributed by atoms with E-state index in [2.05, 4.69) is 0 Å². The number of ketones is 2. The second-order valence-electron chi connectivity index (χ2n) is 10.0. The van der Waals surface area contributed by atoms with Gasteiger partial charge in [-0.25, -0.2) is 8.78 Å². The van der Waals surface area contributed by atoms with Gasteiger partial charge in [0.25, 0.3) is 5.91 Å².